The molecule has 3 rings (SSSR count). The van der Waals surface area contributed by atoms with Gasteiger partial charge >= 0.3 is 0 Å². The van der Waals surface area contributed by atoms with Crippen molar-refractivity contribution >= 4 is 5.91 Å². The number of carbonyl (C=O) groups is 1. The largest absolute Gasteiger partial charge is 0.381 e. The van der Waals surface area contributed by atoms with Crippen molar-refractivity contribution < 1.29 is 9.53 Å². The maximum Gasteiger partial charge on any atom is 0.220 e. The Balaban J connectivity index is 1.53. The van der Waals surface area contributed by atoms with Gasteiger partial charge in [0.15, 0.2) is 0 Å². The second kappa shape index (κ2) is 7.28. The second-order valence-corrected chi connectivity index (χ2v) is 7.37. The first-order valence-corrected chi connectivity index (χ1v) is 9.05. The molecule has 2 heterocycles. The molecule has 2 atom stereocenters. The van der Waals surface area contributed by atoms with Gasteiger partial charge in [-0.3, -0.25) is 9.69 Å². The van der Waals surface area contributed by atoms with Crippen molar-refractivity contribution in [1.82, 2.24) is 10.2 Å². The topological polar surface area (TPSA) is 67.6 Å². The lowest BCUT2D eigenvalue weighted by Gasteiger charge is -2.44. The van der Waals surface area contributed by atoms with Crippen LogP contribution in [0.25, 0.3) is 0 Å². The Kier molecular flexibility index (Phi) is 5.37. The fourth-order valence-electron chi connectivity index (χ4n) is 4.44. The number of likely N-dealkylation sites (tertiary alicyclic amines) is 1. The van der Waals surface area contributed by atoms with Gasteiger partial charge < -0.3 is 15.8 Å². The zero-order chi connectivity index (χ0) is 15.4. The summed E-state index contributed by atoms with van der Waals surface area (Å²) < 4.78 is 5.56. The summed E-state index contributed by atoms with van der Waals surface area (Å²) in [6.45, 7) is 4.75. The Labute approximate surface area is 133 Å². The molecule has 3 aliphatic rings. The van der Waals surface area contributed by atoms with Crippen LogP contribution in [0, 0.1) is 5.92 Å². The molecule has 0 spiro atoms. The van der Waals surface area contributed by atoms with E-state index in [2.05, 4.69) is 10.2 Å². The van der Waals surface area contributed by atoms with E-state index in [4.69, 9.17) is 10.5 Å². The van der Waals surface area contributed by atoms with Crippen LogP contribution in [0.5, 0.6) is 0 Å². The van der Waals surface area contributed by atoms with Gasteiger partial charge in [0, 0.05) is 37.8 Å². The van der Waals surface area contributed by atoms with Gasteiger partial charge in [-0.15, -0.1) is 0 Å². The van der Waals surface area contributed by atoms with Crippen LogP contribution in [0.1, 0.15) is 51.4 Å². The molecule has 2 aliphatic heterocycles. The monoisotopic (exact) mass is 309 g/mol. The summed E-state index contributed by atoms with van der Waals surface area (Å²) in [6, 6.07) is 0.223. The summed E-state index contributed by atoms with van der Waals surface area (Å²) in [6.07, 6.45) is 8.61. The van der Waals surface area contributed by atoms with Crippen LogP contribution in [0.15, 0.2) is 0 Å². The summed E-state index contributed by atoms with van der Waals surface area (Å²) in [5.74, 6) is 0.574. The first-order valence-electron chi connectivity index (χ1n) is 9.05. The van der Waals surface area contributed by atoms with E-state index in [-0.39, 0.29) is 17.5 Å². The minimum absolute atomic E-state index is 0.127. The van der Waals surface area contributed by atoms with Crippen molar-refractivity contribution in [3.05, 3.63) is 0 Å². The van der Waals surface area contributed by atoms with Crippen LogP contribution in [-0.2, 0) is 9.53 Å². The third-order valence-corrected chi connectivity index (χ3v) is 5.98. The highest BCUT2D eigenvalue weighted by molar-refractivity contribution is 5.76. The second-order valence-electron chi connectivity index (χ2n) is 7.37. The minimum Gasteiger partial charge on any atom is -0.381 e. The van der Waals surface area contributed by atoms with E-state index < -0.39 is 0 Å². The highest BCUT2D eigenvalue weighted by Crippen LogP contribution is 2.31. The van der Waals surface area contributed by atoms with E-state index in [0.717, 1.165) is 45.4 Å². The number of amides is 1. The SMILES string of the molecule is N[C@@H]1CCC[C@H]1CC(=O)NCC1(N2CCCC2)CCOCC1. The van der Waals surface area contributed by atoms with Crippen molar-refractivity contribution in [2.24, 2.45) is 11.7 Å². The van der Waals surface area contributed by atoms with E-state index in [1.807, 2.05) is 0 Å². The molecule has 3 N–H and O–H groups in total. The summed E-state index contributed by atoms with van der Waals surface area (Å²) in [5, 5.41) is 3.23. The predicted octanol–water partition coefficient (Wildman–Crippen LogP) is 1.27. The van der Waals surface area contributed by atoms with Crippen molar-refractivity contribution in [2.45, 2.75) is 62.9 Å². The molecule has 22 heavy (non-hydrogen) atoms. The van der Waals surface area contributed by atoms with Gasteiger partial charge in [0.05, 0.1) is 0 Å². The Bertz CT molecular complexity index is 376. The van der Waals surface area contributed by atoms with Crippen LogP contribution >= 0.6 is 0 Å². The molecule has 5 heteroatoms. The molecule has 0 bridgehead atoms. The van der Waals surface area contributed by atoms with E-state index in [9.17, 15) is 4.79 Å². The van der Waals surface area contributed by atoms with Crippen molar-refractivity contribution in [1.29, 1.82) is 0 Å². The zero-order valence-electron chi connectivity index (χ0n) is 13.7. The summed E-state index contributed by atoms with van der Waals surface area (Å²) >= 11 is 0. The fraction of sp³-hybridized carbons (Fsp3) is 0.941. The maximum absolute atomic E-state index is 12.3. The van der Waals surface area contributed by atoms with Crippen LogP contribution in [0.4, 0.5) is 0 Å². The smallest absolute Gasteiger partial charge is 0.220 e. The number of hydrogen-bond acceptors (Lipinski definition) is 4. The van der Waals surface area contributed by atoms with Gasteiger partial charge in [-0.05, 0) is 57.5 Å². The molecule has 1 aliphatic carbocycles. The number of ether oxygens (including phenoxy) is 1. The molecular formula is C17H31N3O2. The quantitative estimate of drug-likeness (QED) is 0.802. The Morgan fingerprint density at radius 3 is 2.55 bits per heavy atom. The molecule has 0 aromatic rings. The molecule has 126 valence electrons. The van der Waals surface area contributed by atoms with Crippen molar-refractivity contribution in [2.75, 3.05) is 32.8 Å². The molecular weight excluding hydrogens is 278 g/mol. The van der Waals surface area contributed by atoms with Crippen LogP contribution in [0.2, 0.25) is 0 Å². The first-order chi connectivity index (χ1) is 10.7. The minimum atomic E-state index is 0.127. The first kappa shape index (κ1) is 16.2. The van der Waals surface area contributed by atoms with E-state index >= 15 is 0 Å². The van der Waals surface area contributed by atoms with E-state index in [1.165, 1.54) is 32.4 Å². The Morgan fingerprint density at radius 2 is 1.91 bits per heavy atom. The number of nitrogens with zero attached hydrogens (tertiary/aromatic N) is 1. The number of nitrogens with two attached hydrogens (primary N) is 1. The molecule has 0 unspecified atom stereocenters. The lowest BCUT2D eigenvalue weighted by molar-refractivity contribution is -0.123. The van der Waals surface area contributed by atoms with Crippen molar-refractivity contribution in [3.8, 4) is 0 Å². The number of carbonyl (C=O) groups excluding carboxylic acids is 1. The molecule has 0 aromatic carbocycles. The molecule has 1 saturated carbocycles. The van der Waals surface area contributed by atoms with Gasteiger partial charge in [-0.1, -0.05) is 6.42 Å². The Hall–Kier alpha value is -0.650. The van der Waals surface area contributed by atoms with Gasteiger partial charge in [-0.2, -0.15) is 0 Å². The number of nitrogens with one attached hydrogen (secondary N) is 1. The predicted molar refractivity (Wildman–Crippen MR) is 86.5 cm³/mol. The van der Waals surface area contributed by atoms with E-state index in [0.29, 0.717) is 12.3 Å². The fourth-order valence-corrected chi connectivity index (χ4v) is 4.44. The molecule has 1 amide bonds. The Morgan fingerprint density at radius 1 is 1.18 bits per heavy atom. The van der Waals surface area contributed by atoms with Gasteiger partial charge in [0.25, 0.3) is 0 Å². The summed E-state index contributed by atoms with van der Waals surface area (Å²) in [7, 11) is 0. The zero-order valence-corrected chi connectivity index (χ0v) is 13.7. The average molecular weight is 309 g/mol. The molecule has 0 aromatic heterocycles. The average Bonchev–Trinajstić information content (AvgIpc) is 3.19. The highest BCUT2D eigenvalue weighted by Gasteiger charge is 2.40. The maximum atomic E-state index is 12.3. The van der Waals surface area contributed by atoms with E-state index in [1.54, 1.807) is 0 Å². The summed E-state index contributed by atoms with van der Waals surface area (Å²) in [4.78, 5) is 14.9. The van der Waals surface area contributed by atoms with Crippen LogP contribution in [0.3, 0.4) is 0 Å². The number of hydrogen-bond donors (Lipinski definition) is 2. The van der Waals surface area contributed by atoms with Gasteiger partial charge in [0.1, 0.15) is 0 Å². The molecule has 2 saturated heterocycles. The molecule has 5 nitrogen and oxygen atoms in total. The molecule has 0 radical (unpaired) electrons. The number of rotatable bonds is 5. The standard InChI is InChI=1S/C17H31N3O2/c18-15-5-3-4-14(15)12-16(21)19-13-17(6-10-22-11-7-17)20-8-1-2-9-20/h14-15H,1-13,18H2,(H,19,21)/t14-,15+/m0/s1. The lowest BCUT2D eigenvalue weighted by atomic mass is 9.87. The normalized spacial score (nSPS) is 32.2. The van der Waals surface area contributed by atoms with Gasteiger partial charge in [-0.25, -0.2) is 0 Å². The van der Waals surface area contributed by atoms with Crippen LogP contribution < -0.4 is 11.1 Å². The third-order valence-electron chi connectivity index (χ3n) is 5.98. The van der Waals surface area contributed by atoms with Crippen LogP contribution in [-0.4, -0.2) is 55.2 Å². The third kappa shape index (κ3) is 3.63. The highest BCUT2D eigenvalue weighted by atomic mass is 16.5. The molecule has 3 fully saturated rings. The lowest BCUT2D eigenvalue weighted by Crippen LogP contribution is -2.57. The van der Waals surface area contributed by atoms with Gasteiger partial charge in [0.2, 0.25) is 5.91 Å². The van der Waals surface area contributed by atoms with Crippen molar-refractivity contribution in [3.63, 3.8) is 0 Å². The summed E-state index contributed by atoms with van der Waals surface area (Å²) in [5.41, 5.74) is 6.21.